The molecule has 0 aliphatic rings. The predicted molar refractivity (Wildman–Crippen MR) is 86.9 cm³/mol. The van der Waals surface area contributed by atoms with Gasteiger partial charge >= 0.3 is 11.9 Å². The maximum absolute atomic E-state index is 9.10. The first-order chi connectivity index (χ1) is 11.0. The van der Waals surface area contributed by atoms with Crippen LogP contribution in [0, 0.1) is 0 Å². The second-order valence-corrected chi connectivity index (χ2v) is 5.41. The lowest BCUT2D eigenvalue weighted by molar-refractivity contribution is -0.159. The van der Waals surface area contributed by atoms with Crippen molar-refractivity contribution in [2.45, 2.75) is 11.3 Å². The highest BCUT2D eigenvalue weighted by Gasteiger charge is 2.04. The second kappa shape index (κ2) is 10.2. The molecule has 6 nitrogen and oxygen atoms in total. The Bertz CT molecular complexity index is 604. The molecule has 0 saturated carbocycles. The number of ether oxygens (including phenoxy) is 1. The molecular formula is C16H17NO5S. The fraction of sp³-hybridized carbons (Fsp3) is 0.188. The predicted octanol–water partition coefficient (Wildman–Crippen LogP) is 2.58. The number of methoxy groups -OCH3 is 1. The largest absolute Gasteiger partial charge is 0.497 e. The molecule has 0 aliphatic carbocycles. The first-order valence-corrected chi connectivity index (χ1v) is 7.63. The van der Waals surface area contributed by atoms with Gasteiger partial charge in [-0.3, -0.25) is 4.98 Å². The van der Waals surface area contributed by atoms with Gasteiger partial charge in [-0.2, -0.15) is 0 Å². The summed E-state index contributed by atoms with van der Waals surface area (Å²) in [5.74, 6) is -1.66. The summed E-state index contributed by atoms with van der Waals surface area (Å²) in [6.07, 6.45) is 4.75. The minimum Gasteiger partial charge on any atom is -0.497 e. The number of hydrogen-bond acceptors (Lipinski definition) is 5. The maximum Gasteiger partial charge on any atom is 0.414 e. The number of carbonyl (C=O) groups is 2. The lowest BCUT2D eigenvalue weighted by atomic mass is 10.2. The van der Waals surface area contributed by atoms with Gasteiger partial charge in [0.1, 0.15) is 5.75 Å². The van der Waals surface area contributed by atoms with E-state index < -0.39 is 11.9 Å². The van der Waals surface area contributed by atoms with E-state index in [4.69, 9.17) is 24.5 Å². The molecule has 2 rings (SSSR count). The Kier molecular flexibility index (Phi) is 8.23. The molecule has 0 bridgehead atoms. The van der Waals surface area contributed by atoms with Crippen LogP contribution in [-0.4, -0.2) is 40.0 Å². The summed E-state index contributed by atoms with van der Waals surface area (Å²) >= 11 is 1.86. The third-order valence-electron chi connectivity index (χ3n) is 2.65. The van der Waals surface area contributed by atoms with Gasteiger partial charge in [0.25, 0.3) is 0 Å². The van der Waals surface area contributed by atoms with Gasteiger partial charge in [-0.1, -0.05) is 0 Å². The smallest absolute Gasteiger partial charge is 0.414 e. The van der Waals surface area contributed by atoms with Gasteiger partial charge < -0.3 is 14.9 Å². The lowest BCUT2D eigenvalue weighted by Crippen LogP contribution is -2.09. The number of aliphatic carboxylic acids is 2. The van der Waals surface area contributed by atoms with Crippen LogP contribution in [0.5, 0.6) is 5.75 Å². The molecule has 1 aromatic heterocycles. The van der Waals surface area contributed by atoms with Crippen LogP contribution in [-0.2, 0) is 16.0 Å². The highest BCUT2D eigenvalue weighted by Crippen LogP contribution is 2.21. The Morgan fingerprint density at radius 2 is 1.61 bits per heavy atom. The summed E-state index contributed by atoms with van der Waals surface area (Å²) in [6, 6.07) is 12.3. The van der Waals surface area contributed by atoms with E-state index in [1.165, 1.54) is 10.5 Å². The average Bonchev–Trinajstić information content (AvgIpc) is 2.57. The van der Waals surface area contributed by atoms with Crippen molar-refractivity contribution in [2.75, 3.05) is 12.9 Å². The van der Waals surface area contributed by atoms with Crippen molar-refractivity contribution in [1.82, 2.24) is 4.98 Å². The lowest BCUT2D eigenvalue weighted by Gasteiger charge is -2.03. The Balaban J connectivity index is 0.000000379. The molecule has 2 N–H and O–H groups in total. The van der Waals surface area contributed by atoms with Gasteiger partial charge in [-0.05, 0) is 48.4 Å². The first kappa shape index (κ1) is 18.5. The maximum atomic E-state index is 9.10. The van der Waals surface area contributed by atoms with E-state index in [1.807, 2.05) is 36.3 Å². The zero-order valence-corrected chi connectivity index (χ0v) is 13.3. The van der Waals surface area contributed by atoms with Crippen molar-refractivity contribution in [1.29, 1.82) is 0 Å². The van der Waals surface area contributed by atoms with Crippen molar-refractivity contribution in [3.63, 3.8) is 0 Å². The number of carboxylic acid groups (broad SMARTS) is 2. The van der Waals surface area contributed by atoms with Crippen LogP contribution in [0.15, 0.2) is 53.7 Å². The van der Waals surface area contributed by atoms with Gasteiger partial charge in [-0.25, -0.2) is 9.59 Å². The SMILES string of the molecule is COc1ccc(SCCc2ccncc2)cc1.O=C(O)C(=O)O. The average molecular weight is 335 g/mol. The molecular weight excluding hydrogens is 318 g/mol. The van der Waals surface area contributed by atoms with Gasteiger partial charge in [0.05, 0.1) is 7.11 Å². The van der Waals surface area contributed by atoms with E-state index >= 15 is 0 Å². The molecule has 0 spiro atoms. The summed E-state index contributed by atoms with van der Waals surface area (Å²) in [6.45, 7) is 0. The van der Waals surface area contributed by atoms with Crippen molar-refractivity contribution < 1.29 is 24.5 Å². The molecule has 0 unspecified atom stereocenters. The van der Waals surface area contributed by atoms with E-state index in [9.17, 15) is 0 Å². The topological polar surface area (TPSA) is 96.7 Å². The van der Waals surface area contributed by atoms with Crippen molar-refractivity contribution >= 4 is 23.7 Å². The van der Waals surface area contributed by atoms with E-state index in [0.717, 1.165) is 17.9 Å². The summed E-state index contributed by atoms with van der Waals surface area (Å²) in [5, 5.41) is 14.8. The number of nitrogens with zero attached hydrogens (tertiary/aromatic N) is 1. The van der Waals surface area contributed by atoms with Crippen LogP contribution in [0.25, 0.3) is 0 Å². The number of aromatic nitrogens is 1. The van der Waals surface area contributed by atoms with Gasteiger partial charge in [0.15, 0.2) is 0 Å². The van der Waals surface area contributed by atoms with Crippen LogP contribution in [0.2, 0.25) is 0 Å². The molecule has 23 heavy (non-hydrogen) atoms. The van der Waals surface area contributed by atoms with E-state index in [1.54, 1.807) is 7.11 Å². The number of carboxylic acids is 2. The van der Waals surface area contributed by atoms with Crippen LogP contribution in [0.4, 0.5) is 0 Å². The number of thioether (sulfide) groups is 1. The molecule has 0 saturated heterocycles. The Morgan fingerprint density at radius 3 is 2.09 bits per heavy atom. The van der Waals surface area contributed by atoms with Crippen LogP contribution in [0.1, 0.15) is 5.56 Å². The number of hydrogen-bond donors (Lipinski definition) is 2. The zero-order valence-electron chi connectivity index (χ0n) is 12.5. The first-order valence-electron chi connectivity index (χ1n) is 6.65. The minimum absolute atomic E-state index is 0.906. The molecule has 0 atom stereocenters. The normalized spacial score (nSPS) is 9.43. The summed E-state index contributed by atoms with van der Waals surface area (Å²) in [7, 11) is 1.69. The van der Waals surface area contributed by atoms with E-state index in [0.29, 0.717) is 0 Å². The highest BCUT2D eigenvalue weighted by atomic mass is 32.2. The van der Waals surface area contributed by atoms with Gasteiger partial charge in [0.2, 0.25) is 0 Å². The monoisotopic (exact) mass is 335 g/mol. The Morgan fingerprint density at radius 1 is 1.04 bits per heavy atom. The number of rotatable bonds is 5. The van der Waals surface area contributed by atoms with Gasteiger partial charge in [0, 0.05) is 23.0 Å². The van der Waals surface area contributed by atoms with Crippen LogP contribution >= 0.6 is 11.8 Å². The highest BCUT2D eigenvalue weighted by molar-refractivity contribution is 7.99. The number of aryl methyl sites for hydroxylation is 1. The van der Waals surface area contributed by atoms with Crippen molar-refractivity contribution in [3.8, 4) is 5.75 Å². The quantitative estimate of drug-likeness (QED) is 0.640. The number of benzene rings is 1. The second-order valence-electron chi connectivity index (χ2n) is 4.24. The summed E-state index contributed by atoms with van der Waals surface area (Å²) < 4.78 is 5.13. The molecule has 0 radical (unpaired) electrons. The number of pyridine rings is 1. The molecule has 2 aromatic rings. The molecule has 1 aromatic carbocycles. The molecule has 0 fully saturated rings. The van der Waals surface area contributed by atoms with Crippen molar-refractivity contribution in [2.24, 2.45) is 0 Å². The molecule has 0 aliphatic heterocycles. The zero-order chi connectivity index (χ0) is 17.1. The van der Waals surface area contributed by atoms with E-state index in [-0.39, 0.29) is 0 Å². The Labute approximate surface area is 138 Å². The fourth-order valence-corrected chi connectivity index (χ4v) is 2.41. The fourth-order valence-electron chi connectivity index (χ4n) is 1.51. The van der Waals surface area contributed by atoms with Crippen molar-refractivity contribution in [3.05, 3.63) is 54.4 Å². The molecule has 1 heterocycles. The summed E-state index contributed by atoms with van der Waals surface area (Å²) in [5.41, 5.74) is 1.33. The standard InChI is InChI=1S/C14H15NOS.C2H2O4/c1-16-13-2-4-14(5-3-13)17-11-8-12-6-9-15-10-7-12;3-1(4)2(5)6/h2-7,9-10H,8,11H2,1H3;(H,3,4)(H,5,6). The molecule has 122 valence electrons. The third-order valence-corrected chi connectivity index (χ3v) is 3.66. The molecule has 7 heteroatoms. The minimum atomic E-state index is -1.82. The Hall–Kier alpha value is -2.54. The third kappa shape index (κ3) is 7.87. The van der Waals surface area contributed by atoms with E-state index in [2.05, 4.69) is 29.2 Å². The van der Waals surface area contributed by atoms with Crippen LogP contribution in [0.3, 0.4) is 0 Å². The summed E-state index contributed by atoms with van der Waals surface area (Å²) in [4.78, 5) is 23.5. The molecule has 0 amide bonds. The van der Waals surface area contributed by atoms with Crippen LogP contribution < -0.4 is 4.74 Å². The van der Waals surface area contributed by atoms with Gasteiger partial charge in [-0.15, -0.1) is 11.8 Å².